The number of nitrogens with zero attached hydrogens (tertiary/aromatic N) is 2. The third-order valence-corrected chi connectivity index (χ3v) is 4.75. The van der Waals surface area contributed by atoms with E-state index in [1.165, 1.54) is 0 Å². The molecule has 7 nitrogen and oxygen atoms in total. The van der Waals surface area contributed by atoms with Gasteiger partial charge in [0.05, 0.1) is 11.3 Å². The maximum Gasteiger partial charge on any atom is 0.292 e. The molecule has 2 N–H and O–H groups in total. The summed E-state index contributed by atoms with van der Waals surface area (Å²) < 4.78 is 0. The molecule has 3 aliphatic rings. The molecule has 0 spiro atoms. The van der Waals surface area contributed by atoms with Crippen LogP contribution in [0.3, 0.4) is 0 Å². The van der Waals surface area contributed by atoms with E-state index in [0.29, 0.717) is 17.5 Å². The molecule has 7 heteroatoms. The van der Waals surface area contributed by atoms with Gasteiger partial charge in [0, 0.05) is 37.9 Å². The molecule has 1 amide bonds. The predicted molar refractivity (Wildman–Crippen MR) is 77.5 cm³/mol. The molecule has 2 saturated heterocycles. The number of carbonyl (C=O) groups excluding carboxylic acids is 1. The van der Waals surface area contributed by atoms with Crippen LogP contribution >= 0.6 is 0 Å². The van der Waals surface area contributed by atoms with Crippen molar-refractivity contribution in [2.24, 2.45) is 11.8 Å². The molecule has 1 aromatic carbocycles. The first-order valence-corrected chi connectivity index (χ1v) is 7.18. The molecule has 0 radical (unpaired) electrons. The van der Waals surface area contributed by atoms with Gasteiger partial charge in [0.2, 0.25) is 5.91 Å². The van der Waals surface area contributed by atoms with Gasteiger partial charge in [-0.15, -0.1) is 0 Å². The predicted octanol–water partition coefficient (Wildman–Crippen LogP) is 0.745. The zero-order valence-corrected chi connectivity index (χ0v) is 11.5. The molecule has 0 bridgehead atoms. The Morgan fingerprint density at radius 3 is 2.62 bits per heavy atom. The van der Waals surface area contributed by atoms with E-state index in [-0.39, 0.29) is 22.9 Å². The highest BCUT2D eigenvalue weighted by Crippen LogP contribution is 2.40. The second-order valence-corrected chi connectivity index (χ2v) is 6.06. The van der Waals surface area contributed by atoms with Gasteiger partial charge in [0.1, 0.15) is 5.69 Å². The average molecular weight is 288 g/mol. The van der Waals surface area contributed by atoms with Gasteiger partial charge in [-0.3, -0.25) is 14.9 Å². The number of carbonyl (C=O) groups is 1. The lowest BCUT2D eigenvalue weighted by Gasteiger charge is -2.20. The number of hydrogen-bond donors (Lipinski definition) is 2. The van der Waals surface area contributed by atoms with Crippen molar-refractivity contribution in [3.63, 3.8) is 0 Å². The van der Waals surface area contributed by atoms with Gasteiger partial charge < -0.3 is 15.5 Å². The van der Waals surface area contributed by atoms with Gasteiger partial charge in [-0.25, -0.2) is 0 Å². The summed E-state index contributed by atoms with van der Waals surface area (Å²) in [7, 11) is 0. The lowest BCUT2D eigenvalue weighted by atomic mass is 10.0. The van der Waals surface area contributed by atoms with Crippen LogP contribution in [0.4, 0.5) is 17.1 Å². The van der Waals surface area contributed by atoms with E-state index in [0.717, 1.165) is 37.4 Å². The lowest BCUT2D eigenvalue weighted by molar-refractivity contribution is -0.384. The summed E-state index contributed by atoms with van der Waals surface area (Å²) in [6.45, 7) is 3.64. The number of benzene rings is 1. The van der Waals surface area contributed by atoms with E-state index in [1.807, 2.05) is 0 Å². The number of anilines is 2. The van der Waals surface area contributed by atoms with Crippen LogP contribution in [0.25, 0.3) is 0 Å². The van der Waals surface area contributed by atoms with Crippen LogP contribution in [0.15, 0.2) is 12.1 Å². The normalized spacial score (nSPS) is 26.7. The minimum atomic E-state index is -0.343. The number of nitrogens with one attached hydrogen (secondary N) is 2. The first-order chi connectivity index (χ1) is 10.1. The van der Waals surface area contributed by atoms with Crippen molar-refractivity contribution in [3.8, 4) is 0 Å². The third kappa shape index (κ3) is 1.96. The standard InChI is InChI=1S/C14H16N4O3/c19-14-2-8-1-13(18(20)21)12(3-11(8)16-14)17-6-9-4-15-5-10(9)7-17/h1,3,9-10,15H,2,4-7H2,(H,16,19)/t9-,10+. The van der Waals surface area contributed by atoms with Crippen LogP contribution < -0.4 is 15.5 Å². The Morgan fingerprint density at radius 1 is 1.24 bits per heavy atom. The first-order valence-electron chi connectivity index (χ1n) is 7.18. The molecule has 0 saturated carbocycles. The number of fused-ring (bicyclic) bond motifs is 2. The lowest BCUT2D eigenvalue weighted by Crippen LogP contribution is -2.26. The van der Waals surface area contributed by atoms with Crippen LogP contribution in [-0.2, 0) is 11.2 Å². The number of hydrogen-bond acceptors (Lipinski definition) is 5. The van der Waals surface area contributed by atoms with Gasteiger partial charge in [0.25, 0.3) is 5.69 Å². The molecule has 21 heavy (non-hydrogen) atoms. The molecule has 110 valence electrons. The quantitative estimate of drug-likeness (QED) is 0.619. The third-order valence-electron chi connectivity index (χ3n) is 4.75. The summed E-state index contributed by atoms with van der Waals surface area (Å²) in [4.78, 5) is 24.6. The molecule has 2 fully saturated rings. The van der Waals surface area contributed by atoms with Crippen LogP contribution in [-0.4, -0.2) is 37.0 Å². The molecule has 0 unspecified atom stereocenters. The van der Waals surface area contributed by atoms with Crippen LogP contribution in [0.2, 0.25) is 0 Å². The van der Waals surface area contributed by atoms with Gasteiger partial charge in [-0.2, -0.15) is 0 Å². The molecular weight excluding hydrogens is 272 g/mol. The SMILES string of the molecule is O=C1Cc2cc([N+](=O)[O-])c(N3C[C@H]4CNC[C@H]4C3)cc2N1. The fraction of sp³-hybridized carbons (Fsp3) is 0.500. The second kappa shape index (κ2) is 4.42. The van der Waals surface area contributed by atoms with E-state index in [2.05, 4.69) is 15.5 Å². The highest BCUT2D eigenvalue weighted by atomic mass is 16.6. The summed E-state index contributed by atoms with van der Waals surface area (Å²) in [6.07, 6.45) is 0.228. The molecule has 0 aromatic heterocycles. The number of nitro benzene ring substituents is 1. The minimum absolute atomic E-state index is 0.0982. The summed E-state index contributed by atoms with van der Waals surface area (Å²) in [6, 6.07) is 3.32. The van der Waals surface area contributed by atoms with Crippen LogP contribution in [0, 0.1) is 22.0 Å². The molecule has 3 heterocycles. The van der Waals surface area contributed by atoms with Crippen LogP contribution in [0.1, 0.15) is 5.56 Å². The number of nitro groups is 1. The second-order valence-electron chi connectivity index (χ2n) is 6.06. The van der Waals surface area contributed by atoms with Crippen LogP contribution in [0.5, 0.6) is 0 Å². The maximum atomic E-state index is 11.5. The molecular formula is C14H16N4O3. The Kier molecular flexibility index (Phi) is 2.65. The van der Waals surface area contributed by atoms with E-state index >= 15 is 0 Å². The Balaban J connectivity index is 1.72. The van der Waals surface area contributed by atoms with Crippen molar-refractivity contribution in [2.75, 3.05) is 36.4 Å². The van der Waals surface area contributed by atoms with Crippen molar-refractivity contribution < 1.29 is 9.72 Å². The summed E-state index contributed by atoms with van der Waals surface area (Å²) in [5.41, 5.74) is 2.18. The monoisotopic (exact) mass is 288 g/mol. The number of amides is 1. The molecule has 1 aromatic rings. The smallest absolute Gasteiger partial charge is 0.292 e. The van der Waals surface area contributed by atoms with Crippen molar-refractivity contribution in [1.82, 2.24) is 5.32 Å². The highest BCUT2D eigenvalue weighted by molar-refractivity contribution is 6.00. The largest absolute Gasteiger partial charge is 0.365 e. The first kappa shape index (κ1) is 12.6. The highest BCUT2D eigenvalue weighted by Gasteiger charge is 2.38. The Morgan fingerprint density at radius 2 is 1.95 bits per heavy atom. The van der Waals surface area contributed by atoms with Gasteiger partial charge >= 0.3 is 0 Å². The fourth-order valence-corrected chi connectivity index (χ4v) is 3.70. The van der Waals surface area contributed by atoms with Crippen molar-refractivity contribution >= 4 is 23.0 Å². The summed E-state index contributed by atoms with van der Waals surface area (Å²) in [5, 5.41) is 17.5. The van der Waals surface area contributed by atoms with Crippen molar-refractivity contribution in [3.05, 3.63) is 27.8 Å². The Labute approximate surface area is 121 Å². The molecule has 0 aliphatic carbocycles. The van der Waals surface area contributed by atoms with E-state index < -0.39 is 0 Å². The molecule has 4 rings (SSSR count). The fourth-order valence-electron chi connectivity index (χ4n) is 3.70. The van der Waals surface area contributed by atoms with E-state index in [9.17, 15) is 14.9 Å². The zero-order valence-electron chi connectivity index (χ0n) is 11.5. The van der Waals surface area contributed by atoms with Crippen molar-refractivity contribution in [1.29, 1.82) is 0 Å². The van der Waals surface area contributed by atoms with Gasteiger partial charge in [0.15, 0.2) is 0 Å². The van der Waals surface area contributed by atoms with E-state index in [4.69, 9.17) is 0 Å². The summed E-state index contributed by atoms with van der Waals surface area (Å²) >= 11 is 0. The van der Waals surface area contributed by atoms with Crippen molar-refractivity contribution in [2.45, 2.75) is 6.42 Å². The maximum absolute atomic E-state index is 11.5. The zero-order chi connectivity index (χ0) is 14.6. The Hall–Kier alpha value is -2.15. The average Bonchev–Trinajstić information content (AvgIpc) is 3.07. The summed E-state index contributed by atoms with van der Waals surface area (Å²) in [5.74, 6) is 1.03. The molecule has 2 atom stereocenters. The number of rotatable bonds is 2. The minimum Gasteiger partial charge on any atom is -0.365 e. The Bertz CT molecular complexity index is 633. The van der Waals surface area contributed by atoms with Gasteiger partial charge in [-0.1, -0.05) is 0 Å². The topological polar surface area (TPSA) is 87.5 Å². The molecule has 3 aliphatic heterocycles. The van der Waals surface area contributed by atoms with E-state index in [1.54, 1.807) is 12.1 Å². The van der Waals surface area contributed by atoms with Gasteiger partial charge in [-0.05, 0) is 23.5 Å².